The van der Waals surface area contributed by atoms with Gasteiger partial charge in [0.25, 0.3) is 0 Å². The van der Waals surface area contributed by atoms with Crippen LogP contribution in [-0.2, 0) is 30.9 Å². The van der Waals surface area contributed by atoms with Gasteiger partial charge in [-0.1, -0.05) is 41.4 Å². The van der Waals surface area contributed by atoms with Crippen molar-refractivity contribution in [3.05, 3.63) is 63.6 Å². The summed E-state index contributed by atoms with van der Waals surface area (Å²) < 4.78 is 37.4. The molecule has 10 heteroatoms. The van der Waals surface area contributed by atoms with E-state index in [1.807, 2.05) is 0 Å². The number of methoxy groups -OCH3 is 1. The van der Waals surface area contributed by atoms with Gasteiger partial charge in [0.2, 0.25) is 10.0 Å². The maximum absolute atomic E-state index is 13.1. The van der Waals surface area contributed by atoms with E-state index in [2.05, 4.69) is 4.74 Å². The molecule has 0 aliphatic carbocycles. The lowest BCUT2D eigenvalue weighted by Crippen LogP contribution is -2.41. The smallest absolute Gasteiger partial charge is 0.339 e. The number of benzene rings is 2. The fourth-order valence-corrected chi connectivity index (χ4v) is 5.31. The summed E-state index contributed by atoms with van der Waals surface area (Å²) in [5, 5.41) is 0.792. The second-order valence-electron chi connectivity index (χ2n) is 7.02. The molecule has 1 saturated heterocycles. The van der Waals surface area contributed by atoms with Crippen molar-refractivity contribution in [1.29, 1.82) is 0 Å². The molecule has 7 nitrogen and oxygen atoms in total. The average molecular weight is 486 g/mol. The molecule has 2 aromatic rings. The highest BCUT2D eigenvalue weighted by Gasteiger charge is 2.34. The molecule has 0 bridgehead atoms. The summed E-state index contributed by atoms with van der Waals surface area (Å²) in [6.07, 6.45) is 0.639. The second-order valence-corrected chi connectivity index (χ2v) is 9.74. The van der Waals surface area contributed by atoms with E-state index in [1.165, 1.54) is 23.5 Å². The Bertz CT molecular complexity index is 1080. The number of nitrogens with zero attached hydrogens (tertiary/aromatic N) is 1. The Balaban J connectivity index is 1.61. The topological polar surface area (TPSA) is 90.0 Å². The number of halogens is 2. The zero-order valence-electron chi connectivity index (χ0n) is 16.7. The van der Waals surface area contributed by atoms with E-state index in [1.54, 1.807) is 30.3 Å². The van der Waals surface area contributed by atoms with Crippen LogP contribution in [0.2, 0.25) is 10.0 Å². The van der Waals surface area contributed by atoms with E-state index in [-0.39, 0.29) is 30.2 Å². The van der Waals surface area contributed by atoms with Gasteiger partial charge in [-0.3, -0.25) is 4.79 Å². The Morgan fingerprint density at radius 2 is 1.74 bits per heavy atom. The summed E-state index contributed by atoms with van der Waals surface area (Å²) >= 11 is 11.8. The summed E-state index contributed by atoms with van der Waals surface area (Å²) in [6, 6.07) is 10.9. The number of sulfonamides is 1. The normalized spacial score (nSPS) is 15.5. The van der Waals surface area contributed by atoms with E-state index in [4.69, 9.17) is 27.9 Å². The van der Waals surface area contributed by atoms with E-state index in [0.29, 0.717) is 28.5 Å². The number of hydrogen-bond donors (Lipinski definition) is 0. The standard InChI is InChI=1S/C21H21Cl2NO6S/c1-29-21(26)16-4-2-3-5-19(16)31(27,28)24-10-8-15(9-11-24)20(25)30-13-14-6-7-17(22)18(23)12-14/h2-7,12,15H,8-11,13H2,1H3. The predicted octanol–water partition coefficient (Wildman–Crippen LogP) is 3.92. The van der Waals surface area contributed by atoms with Crippen LogP contribution in [0.25, 0.3) is 0 Å². The van der Waals surface area contributed by atoms with Gasteiger partial charge in [0, 0.05) is 13.1 Å². The van der Waals surface area contributed by atoms with Crippen LogP contribution < -0.4 is 0 Å². The molecule has 31 heavy (non-hydrogen) atoms. The van der Waals surface area contributed by atoms with Gasteiger partial charge in [0.15, 0.2) is 0 Å². The molecule has 1 fully saturated rings. The zero-order chi connectivity index (χ0) is 22.6. The molecular weight excluding hydrogens is 465 g/mol. The monoisotopic (exact) mass is 485 g/mol. The van der Waals surface area contributed by atoms with Crippen LogP contribution >= 0.6 is 23.2 Å². The van der Waals surface area contributed by atoms with Gasteiger partial charge in [-0.2, -0.15) is 4.31 Å². The molecule has 0 amide bonds. The lowest BCUT2D eigenvalue weighted by Gasteiger charge is -2.30. The summed E-state index contributed by atoms with van der Waals surface area (Å²) in [5.74, 6) is -1.52. The van der Waals surface area contributed by atoms with Gasteiger partial charge in [-0.15, -0.1) is 0 Å². The van der Waals surface area contributed by atoms with Crippen molar-refractivity contribution in [1.82, 2.24) is 4.31 Å². The number of ether oxygens (including phenoxy) is 2. The highest BCUT2D eigenvalue weighted by atomic mass is 35.5. The number of piperidine rings is 1. The first kappa shape index (κ1) is 23.5. The molecule has 1 aliphatic heterocycles. The summed E-state index contributed by atoms with van der Waals surface area (Å²) in [6.45, 7) is 0.343. The Morgan fingerprint density at radius 3 is 2.39 bits per heavy atom. The van der Waals surface area contributed by atoms with Crippen molar-refractivity contribution in [3.63, 3.8) is 0 Å². The van der Waals surface area contributed by atoms with Gasteiger partial charge in [-0.05, 0) is 42.7 Å². The van der Waals surface area contributed by atoms with E-state index >= 15 is 0 Å². The van der Waals surface area contributed by atoms with E-state index < -0.39 is 27.9 Å². The van der Waals surface area contributed by atoms with Crippen LogP contribution in [0.1, 0.15) is 28.8 Å². The van der Waals surface area contributed by atoms with Crippen molar-refractivity contribution in [2.45, 2.75) is 24.3 Å². The fourth-order valence-electron chi connectivity index (χ4n) is 3.34. The van der Waals surface area contributed by atoms with Crippen molar-refractivity contribution in [3.8, 4) is 0 Å². The van der Waals surface area contributed by atoms with Crippen LogP contribution in [-0.4, -0.2) is 44.9 Å². The molecule has 0 unspecified atom stereocenters. The maximum atomic E-state index is 13.1. The molecule has 3 rings (SSSR count). The first-order chi connectivity index (χ1) is 14.7. The Morgan fingerprint density at radius 1 is 1.06 bits per heavy atom. The Kier molecular flexibility index (Phi) is 7.59. The van der Waals surface area contributed by atoms with Crippen molar-refractivity contribution in [2.75, 3.05) is 20.2 Å². The van der Waals surface area contributed by atoms with Crippen LogP contribution in [0.4, 0.5) is 0 Å². The SMILES string of the molecule is COC(=O)c1ccccc1S(=O)(=O)N1CCC(C(=O)OCc2ccc(Cl)c(Cl)c2)CC1. The summed E-state index contributed by atoms with van der Waals surface area (Å²) in [5.41, 5.74) is 0.690. The summed E-state index contributed by atoms with van der Waals surface area (Å²) in [7, 11) is -2.71. The molecule has 0 N–H and O–H groups in total. The quantitative estimate of drug-likeness (QED) is 0.575. The fraction of sp³-hybridized carbons (Fsp3) is 0.333. The minimum atomic E-state index is -3.91. The Hall–Kier alpha value is -2.13. The molecular formula is C21H21Cl2NO6S. The molecule has 0 aromatic heterocycles. The molecule has 2 aromatic carbocycles. The van der Waals surface area contributed by atoms with Gasteiger partial charge in [-0.25, -0.2) is 13.2 Å². The molecule has 0 spiro atoms. The molecule has 0 atom stereocenters. The minimum absolute atomic E-state index is 0.0202. The number of carbonyl (C=O) groups is 2. The third-order valence-electron chi connectivity index (χ3n) is 5.06. The van der Waals surface area contributed by atoms with E-state index in [9.17, 15) is 18.0 Å². The molecule has 1 aliphatic rings. The lowest BCUT2D eigenvalue weighted by molar-refractivity contribution is -0.151. The van der Waals surface area contributed by atoms with Crippen LogP contribution in [0.3, 0.4) is 0 Å². The van der Waals surface area contributed by atoms with Crippen molar-refractivity contribution >= 4 is 45.2 Å². The van der Waals surface area contributed by atoms with Gasteiger partial charge < -0.3 is 9.47 Å². The lowest BCUT2D eigenvalue weighted by atomic mass is 9.98. The van der Waals surface area contributed by atoms with Crippen LogP contribution in [0.5, 0.6) is 0 Å². The zero-order valence-corrected chi connectivity index (χ0v) is 19.0. The first-order valence-electron chi connectivity index (χ1n) is 9.52. The minimum Gasteiger partial charge on any atom is -0.465 e. The molecule has 166 valence electrons. The maximum Gasteiger partial charge on any atom is 0.339 e. The number of carbonyl (C=O) groups excluding carboxylic acids is 2. The highest BCUT2D eigenvalue weighted by Crippen LogP contribution is 2.27. The number of hydrogen-bond acceptors (Lipinski definition) is 6. The number of rotatable bonds is 6. The molecule has 0 radical (unpaired) electrons. The van der Waals surface area contributed by atoms with Gasteiger partial charge in [0.05, 0.1) is 33.5 Å². The largest absolute Gasteiger partial charge is 0.465 e. The number of esters is 2. The van der Waals surface area contributed by atoms with Crippen molar-refractivity contribution < 1.29 is 27.5 Å². The summed E-state index contributed by atoms with van der Waals surface area (Å²) in [4.78, 5) is 24.3. The van der Waals surface area contributed by atoms with Gasteiger partial charge in [0.1, 0.15) is 6.61 Å². The highest BCUT2D eigenvalue weighted by molar-refractivity contribution is 7.89. The van der Waals surface area contributed by atoms with Gasteiger partial charge >= 0.3 is 11.9 Å². The molecule has 1 heterocycles. The second kappa shape index (κ2) is 9.99. The first-order valence-corrected chi connectivity index (χ1v) is 11.7. The third-order valence-corrected chi connectivity index (χ3v) is 7.76. The average Bonchev–Trinajstić information content (AvgIpc) is 2.79. The van der Waals surface area contributed by atoms with Crippen LogP contribution in [0, 0.1) is 5.92 Å². The van der Waals surface area contributed by atoms with E-state index in [0.717, 1.165) is 0 Å². The van der Waals surface area contributed by atoms with Crippen molar-refractivity contribution in [2.24, 2.45) is 5.92 Å². The van der Waals surface area contributed by atoms with Crippen LogP contribution in [0.15, 0.2) is 47.4 Å². The Labute approximate surface area is 190 Å². The third kappa shape index (κ3) is 5.38. The predicted molar refractivity (Wildman–Crippen MR) is 116 cm³/mol. The molecule has 0 saturated carbocycles.